The highest BCUT2D eigenvalue weighted by atomic mass is 16.2. The molecule has 0 aromatic carbocycles. The van der Waals surface area contributed by atoms with E-state index in [9.17, 15) is 14.4 Å². The second-order valence-electron chi connectivity index (χ2n) is 6.34. The fraction of sp³-hybridized carbons (Fsp3) is 0.389. The zero-order chi connectivity index (χ0) is 19.9. The lowest BCUT2D eigenvalue weighted by atomic mass is 10.3. The van der Waals surface area contributed by atoms with Crippen LogP contribution >= 0.6 is 0 Å². The Morgan fingerprint density at radius 1 is 1.00 bits per heavy atom. The normalized spacial score (nSPS) is 13.9. The molecule has 0 spiro atoms. The van der Waals surface area contributed by atoms with E-state index in [0.717, 1.165) is 0 Å². The Kier molecular flexibility index (Phi) is 6.06. The summed E-state index contributed by atoms with van der Waals surface area (Å²) < 4.78 is 3.43. The Hall–Kier alpha value is -3.61. The summed E-state index contributed by atoms with van der Waals surface area (Å²) in [7, 11) is 0. The maximum atomic E-state index is 12.6. The van der Waals surface area contributed by atoms with Crippen molar-refractivity contribution in [2.45, 2.75) is 25.9 Å². The van der Waals surface area contributed by atoms with Gasteiger partial charge < -0.3 is 19.3 Å². The summed E-state index contributed by atoms with van der Waals surface area (Å²) in [6, 6.07) is 0. The molecule has 0 radical (unpaired) electrons. The molecule has 1 fully saturated rings. The molecule has 3 heterocycles. The lowest BCUT2D eigenvalue weighted by Gasteiger charge is -2.42. The van der Waals surface area contributed by atoms with Crippen molar-refractivity contribution in [3.63, 3.8) is 0 Å². The third kappa shape index (κ3) is 4.76. The first-order chi connectivity index (χ1) is 13.6. The van der Waals surface area contributed by atoms with Crippen molar-refractivity contribution in [1.29, 1.82) is 0 Å². The van der Waals surface area contributed by atoms with Crippen LogP contribution in [0.25, 0.3) is 0 Å². The van der Waals surface area contributed by atoms with Gasteiger partial charge in [0.1, 0.15) is 6.33 Å². The number of amides is 3. The van der Waals surface area contributed by atoms with Crippen molar-refractivity contribution < 1.29 is 14.4 Å². The predicted octanol–water partition coefficient (Wildman–Crippen LogP) is -0.282. The topological polar surface area (TPSA) is 96.6 Å². The van der Waals surface area contributed by atoms with Crippen LogP contribution in [0, 0.1) is 12.4 Å². The molecule has 3 rings (SSSR count). The van der Waals surface area contributed by atoms with Gasteiger partial charge in [0, 0.05) is 44.5 Å². The highest BCUT2D eigenvalue weighted by Gasteiger charge is 2.30. The van der Waals surface area contributed by atoms with Crippen LogP contribution in [0.4, 0.5) is 0 Å². The Morgan fingerprint density at radius 2 is 1.68 bits per heavy atom. The molecule has 1 aliphatic rings. The third-order valence-electron chi connectivity index (χ3n) is 4.38. The average molecular weight is 383 g/mol. The van der Waals surface area contributed by atoms with Crippen LogP contribution in [-0.4, -0.2) is 71.5 Å². The van der Waals surface area contributed by atoms with Gasteiger partial charge in [-0.2, -0.15) is 4.98 Å². The van der Waals surface area contributed by atoms with Crippen molar-refractivity contribution in [1.82, 2.24) is 33.8 Å². The van der Waals surface area contributed by atoms with Gasteiger partial charge in [-0.25, -0.2) is 4.98 Å². The minimum Gasteiger partial charge on any atom is -0.337 e. The molecule has 0 bridgehead atoms. The fourth-order valence-electron chi connectivity index (χ4n) is 2.85. The van der Waals surface area contributed by atoms with Gasteiger partial charge >= 0.3 is 0 Å². The van der Waals surface area contributed by atoms with Crippen LogP contribution in [0.3, 0.4) is 0 Å². The summed E-state index contributed by atoms with van der Waals surface area (Å²) in [5, 5.41) is 0. The minimum absolute atomic E-state index is 0.120. The largest absolute Gasteiger partial charge is 0.337 e. The van der Waals surface area contributed by atoms with Crippen molar-refractivity contribution in [3.8, 4) is 0 Å². The molecule has 0 unspecified atom stereocenters. The molecule has 0 atom stereocenters. The Labute approximate surface area is 162 Å². The molecule has 28 heavy (non-hydrogen) atoms. The van der Waals surface area contributed by atoms with Gasteiger partial charge in [0.25, 0.3) is 0 Å². The number of aryl methyl sites for hydroxylation is 2. The van der Waals surface area contributed by atoms with E-state index in [1.165, 1.54) is 27.1 Å². The van der Waals surface area contributed by atoms with Crippen LogP contribution in [-0.2, 0) is 27.5 Å². The zero-order valence-corrected chi connectivity index (χ0v) is 15.4. The lowest BCUT2D eigenvalue weighted by Crippen LogP contribution is -2.59. The number of hydrogen-bond acceptors (Lipinski definition) is 5. The molecule has 0 aliphatic carbocycles. The SMILES string of the molecule is C=CC(=O)N1CN(C(=O)CCn2c#cnc2)CN(C(=O)CCn2ccnc2)C1. The molecule has 0 N–H and O–H groups in total. The molecule has 3 amide bonds. The lowest BCUT2D eigenvalue weighted by molar-refractivity contribution is -0.156. The number of aromatic nitrogens is 4. The standard InChI is InChI=1S/C18H21N7O3/c1-2-16(26)23-13-24(17(27)3-7-21-9-5-19-11-21)15-25(14-23)18(28)4-8-22-10-6-20-12-22/h2,5,9,11-12H,1,3-4,7-8,13-15H2. The fourth-order valence-corrected chi connectivity index (χ4v) is 2.85. The van der Waals surface area contributed by atoms with E-state index in [1.807, 2.05) is 0 Å². The number of imidazole rings is 1. The summed E-state index contributed by atoms with van der Waals surface area (Å²) in [5.41, 5.74) is 0. The number of carbonyl (C=O) groups excluding carboxylic acids is 3. The first-order valence-corrected chi connectivity index (χ1v) is 8.80. The van der Waals surface area contributed by atoms with Crippen LogP contribution in [0.5, 0.6) is 0 Å². The monoisotopic (exact) mass is 383 g/mol. The van der Waals surface area contributed by atoms with Crippen LogP contribution in [0.2, 0.25) is 0 Å². The van der Waals surface area contributed by atoms with Gasteiger partial charge in [-0.15, -0.1) is 0 Å². The number of hydrogen-bond donors (Lipinski definition) is 0. The van der Waals surface area contributed by atoms with E-state index in [2.05, 4.69) is 28.9 Å². The number of carbonyl (C=O) groups is 3. The molecule has 10 heteroatoms. The molecule has 2 aromatic rings. The zero-order valence-electron chi connectivity index (χ0n) is 15.4. The van der Waals surface area contributed by atoms with E-state index >= 15 is 0 Å². The first-order valence-electron chi connectivity index (χ1n) is 8.80. The maximum Gasteiger partial charge on any atom is 0.248 e. The molecule has 1 aliphatic heterocycles. The Balaban J connectivity index is 1.62. The quantitative estimate of drug-likeness (QED) is 0.613. The van der Waals surface area contributed by atoms with Crippen molar-refractivity contribution in [2.24, 2.45) is 0 Å². The predicted molar refractivity (Wildman–Crippen MR) is 96.7 cm³/mol. The molecule has 0 saturated carbocycles. The van der Waals surface area contributed by atoms with Gasteiger partial charge in [0.05, 0.1) is 32.5 Å². The molecule has 146 valence electrons. The van der Waals surface area contributed by atoms with Gasteiger partial charge in [-0.1, -0.05) is 6.58 Å². The first kappa shape index (κ1) is 19.2. The molecule has 10 nitrogen and oxygen atoms in total. The maximum absolute atomic E-state index is 12.6. The minimum atomic E-state index is -0.331. The van der Waals surface area contributed by atoms with E-state index in [4.69, 9.17) is 0 Å². The number of rotatable bonds is 7. The van der Waals surface area contributed by atoms with Gasteiger partial charge in [0.15, 0.2) is 0 Å². The summed E-state index contributed by atoms with van der Waals surface area (Å²) in [6.07, 6.45) is 13.5. The van der Waals surface area contributed by atoms with Crippen LogP contribution in [0.15, 0.2) is 37.7 Å². The molecule has 2 aromatic heterocycles. The average Bonchev–Trinajstić information content (AvgIpc) is 3.43. The smallest absolute Gasteiger partial charge is 0.248 e. The van der Waals surface area contributed by atoms with E-state index < -0.39 is 0 Å². The second kappa shape index (κ2) is 8.85. The Morgan fingerprint density at radius 3 is 2.25 bits per heavy atom. The summed E-state index contributed by atoms with van der Waals surface area (Å²) >= 11 is 0. The van der Waals surface area contributed by atoms with Crippen molar-refractivity contribution in [3.05, 3.63) is 50.1 Å². The molecule has 1 saturated heterocycles. The highest BCUT2D eigenvalue weighted by molar-refractivity contribution is 5.88. The van der Waals surface area contributed by atoms with Crippen molar-refractivity contribution in [2.75, 3.05) is 20.0 Å². The van der Waals surface area contributed by atoms with Gasteiger partial charge in [-0.3, -0.25) is 19.0 Å². The summed E-state index contributed by atoms with van der Waals surface area (Å²) in [4.78, 5) is 49.5. The van der Waals surface area contributed by atoms with Crippen LogP contribution < -0.4 is 0 Å². The Bertz CT molecular complexity index is 758. The highest BCUT2D eigenvalue weighted by Crippen LogP contribution is 2.12. The second-order valence-corrected chi connectivity index (χ2v) is 6.34. The van der Waals surface area contributed by atoms with Crippen molar-refractivity contribution >= 4 is 17.7 Å². The van der Waals surface area contributed by atoms with E-state index in [1.54, 1.807) is 27.9 Å². The third-order valence-corrected chi connectivity index (χ3v) is 4.38. The van der Waals surface area contributed by atoms with Crippen LogP contribution in [0.1, 0.15) is 12.8 Å². The molecular formula is C18H21N7O3. The number of nitrogens with zero attached hydrogens (tertiary/aromatic N) is 7. The summed E-state index contributed by atoms with van der Waals surface area (Å²) in [5.74, 6) is -0.649. The molecular weight excluding hydrogens is 362 g/mol. The van der Waals surface area contributed by atoms with E-state index in [-0.39, 0.29) is 50.6 Å². The van der Waals surface area contributed by atoms with E-state index in [0.29, 0.717) is 13.1 Å². The van der Waals surface area contributed by atoms with Gasteiger partial charge in [0.2, 0.25) is 17.7 Å². The summed E-state index contributed by atoms with van der Waals surface area (Å²) in [6.45, 7) is 4.75. The van der Waals surface area contributed by atoms with Gasteiger partial charge in [-0.05, 0) is 6.08 Å².